The van der Waals surface area contributed by atoms with E-state index in [9.17, 15) is 53.0 Å². The summed E-state index contributed by atoms with van der Waals surface area (Å²) in [7, 11) is 1.47. The van der Waals surface area contributed by atoms with Crippen LogP contribution in [0.15, 0.2) is 97.3 Å². The summed E-state index contributed by atoms with van der Waals surface area (Å²) in [6, 6.07) is 7.82. The maximum absolute atomic E-state index is 16.2. The highest BCUT2D eigenvalue weighted by molar-refractivity contribution is 6.01. The first-order valence-corrected chi connectivity index (χ1v) is 34.5. The van der Waals surface area contributed by atoms with Gasteiger partial charge in [0.05, 0.1) is 32.7 Å². The van der Waals surface area contributed by atoms with Crippen LogP contribution in [0.5, 0.6) is 11.5 Å². The molecule has 2 bridgehead atoms. The van der Waals surface area contributed by atoms with E-state index in [1.807, 2.05) is 0 Å². The van der Waals surface area contributed by atoms with Crippen molar-refractivity contribution >= 4 is 86.8 Å². The molecule has 6 heterocycles. The van der Waals surface area contributed by atoms with Crippen LogP contribution in [-0.4, -0.2) is 214 Å². The lowest BCUT2D eigenvalue weighted by Crippen LogP contribution is -2.63. The molecule has 4 aromatic carbocycles. The Labute approximate surface area is 596 Å². The van der Waals surface area contributed by atoms with Crippen LogP contribution >= 0.6 is 0 Å². The summed E-state index contributed by atoms with van der Waals surface area (Å²) in [4.78, 5) is 167. The van der Waals surface area contributed by atoms with Crippen LogP contribution in [0.4, 0.5) is 13.2 Å². The van der Waals surface area contributed by atoms with Crippen molar-refractivity contribution < 1.29 is 85.6 Å². The Morgan fingerprint density at radius 1 is 0.721 bits per heavy atom. The fraction of sp³-hybridized carbons (Fsp3) is 0.458. The largest absolute Gasteiger partial charge is 0.497 e. The zero-order valence-corrected chi connectivity index (χ0v) is 58.0. The Hall–Kier alpha value is -10.6. The molecule has 32 heteroatoms. The third-order valence-electron chi connectivity index (χ3n) is 18.9. The van der Waals surface area contributed by atoms with Gasteiger partial charge in [0, 0.05) is 73.0 Å². The monoisotopic (exact) mass is 1450 g/mol. The first-order valence-electron chi connectivity index (χ1n) is 34.5. The van der Waals surface area contributed by atoms with Crippen LogP contribution < -0.4 is 63.1 Å². The predicted octanol–water partition coefficient (Wildman–Crippen LogP) is 0.457. The lowest BCUT2D eigenvalue weighted by atomic mass is 9.95. The standard InChI is InChI=1S/C72H89F3N14O15/c1-39-63(94)84-55(29-43-35-79-52-19-13-45(73)31-50(43)52)65(96)85-58(30-44-36-80-53-20-14-46(74)32-51(44)53)69(100)88-37-47(75)33-59(88)67(98)87-62(40(2)91)68(99)86-57(28-42-11-15-48(103-4)16-12-42)70(101)89-26-7-22-72(89,3)71(102)78-24-21-41-9-17-49(18-10-41)104-27-25-77-60(92)34-56(82-61(93)38-90)66(97)83-54(64(95)81-39)8-5-6-23-76/h9-20,31-32,35-36,39-40,47,54-59,62,79-80,90-91H,5-8,21-30,33-34,37-38,76H2,1-4H3,(H,77,92)(H,78,102)(H,81,95)(H,82,93)(H,83,97)(H,84,94)(H,85,96)(H,86,99)(H,87,98)/t39-,40-,47+,54+,55+,56+,57+,58+,59+,62+,72+/m1/s1. The van der Waals surface area contributed by atoms with Gasteiger partial charge in [0.1, 0.15) is 96.4 Å². The second kappa shape index (κ2) is 35.5. The number of rotatable bonds is 14. The summed E-state index contributed by atoms with van der Waals surface area (Å²) < 4.78 is 57.4. The summed E-state index contributed by atoms with van der Waals surface area (Å²) in [6.45, 7) is 2.49. The van der Waals surface area contributed by atoms with Gasteiger partial charge in [-0.25, -0.2) is 13.2 Å². The SMILES string of the molecule is COc1ccc(C[C@@H]2NC(=O)[C@H]([C@@H](C)O)NC(=O)[C@@H]3C[C@H](F)CN3C(=O)[C@H](Cc3c[nH]c4ccc(F)cc34)NC(=O)[C@H](Cc3c[nH]c4ccc(F)cc34)NC(=O)[C@@H](C)NC(=O)[C@H](CCCCN)NC(=O)[C@@H](NC(=O)CO)CC(=O)NCCOc3ccc(cc3)CCNC(=O)[C@]3(C)CCCN3C2=O)cc1. The Kier molecular flexibility index (Phi) is 26.5. The number of nitrogens with two attached hydrogens (primary N) is 1. The quantitative estimate of drug-likeness (QED) is 0.0520. The minimum atomic E-state index is -1.90. The molecule has 4 aliphatic heterocycles. The minimum absolute atomic E-state index is 0.0584. The van der Waals surface area contributed by atoms with Crippen LogP contribution in [0.1, 0.15) is 88.0 Å². The Morgan fingerprint density at radius 2 is 1.34 bits per heavy atom. The number of aliphatic hydroxyl groups is 2. The van der Waals surface area contributed by atoms with Gasteiger partial charge >= 0.3 is 0 Å². The summed E-state index contributed by atoms with van der Waals surface area (Å²) >= 11 is 0. The average molecular weight is 1450 g/mol. The number of nitrogens with zero attached hydrogens (tertiary/aromatic N) is 2. The molecule has 4 aliphatic rings. The molecule has 558 valence electrons. The van der Waals surface area contributed by atoms with E-state index < -0.39 is 182 Å². The number of benzene rings is 4. The van der Waals surface area contributed by atoms with Crippen LogP contribution in [0.3, 0.4) is 0 Å². The zero-order valence-electron chi connectivity index (χ0n) is 58.0. The van der Waals surface area contributed by atoms with E-state index in [1.54, 1.807) is 55.5 Å². The van der Waals surface area contributed by atoms with Crippen molar-refractivity contribution in [3.05, 3.63) is 131 Å². The number of methoxy groups -OCH3 is 1. The van der Waals surface area contributed by atoms with Crippen molar-refractivity contribution in [1.29, 1.82) is 0 Å². The number of ether oxygens (including phenoxy) is 2. The molecule has 10 rings (SSSR count). The minimum Gasteiger partial charge on any atom is -0.497 e. The Morgan fingerprint density at radius 3 is 1.97 bits per heavy atom. The van der Waals surface area contributed by atoms with E-state index in [0.717, 1.165) is 10.5 Å². The number of fused-ring (bicyclic) bond motifs is 32. The van der Waals surface area contributed by atoms with Crippen molar-refractivity contribution in [2.45, 2.75) is 158 Å². The normalized spacial score (nSPS) is 24.8. The summed E-state index contributed by atoms with van der Waals surface area (Å²) in [5, 5.41) is 44.9. The summed E-state index contributed by atoms with van der Waals surface area (Å²) in [5.41, 5.74) is 7.02. The molecule has 15 N–H and O–H groups in total. The van der Waals surface area contributed by atoms with Crippen LogP contribution in [0.25, 0.3) is 21.8 Å². The molecule has 0 saturated carbocycles. The van der Waals surface area contributed by atoms with Crippen molar-refractivity contribution in [1.82, 2.24) is 67.6 Å². The number of aromatic amines is 2. The molecule has 2 aromatic heterocycles. The molecule has 0 aliphatic carbocycles. The van der Waals surface area contributed by atoms with E-state index in [-0.39, 0.29) is 80.4 Å². The average Bonchev–Trinajstić information content (AvgIpc) is 1.61. The van der Waals surface area contributed by atoms with Gasteiger partial charge in [0.25, 0.3) is 0 Å². The number of nitrogens with one attached hydrogen (secondary N) is 11. The Bertz CT molecular complexity index is 4100. The molecule has 29 nitrogen and oxygen atoms in total. The molecule has 6 aromatic rings. The highest BCUT2D eigenvalue weighted by atomic mass is 19.1. The maximum atomic E-state index is 16.2. The number of carbonyl (C=O) groups is 11. The van der Waals surface area contributed by atoms with E-state index in [4.69, 9.17) is 15.2 Å². The number of aliphatic hydroxyl groups excluding tert-OH is 2. The first kappa shape index (κ1) is 77.6. The molecule has 104 heavy (non-hydrogen) atoms. The van der Waals surface area contributed by atoms with E-state index >= 15 is 23.2 Å². The second-order valence-corrected chi connectivity index (χ2v) is 26.5. The number of aromatic nitrogens is 2. The highest BCUT2D eigenvalue weighted by Crippen LogP contribution is 2.32. The fourth-order valence-corrected chi connectivity index (χ4v) is 13.1. The summed E-state index contributed by atoms with van der Waals surface area (Å²) in [5.74, 6) is -10.8. The number of carbonyl (C=O) groups excluding carboxylic acids is 11. The number of hydrogen-bond acceptors (Lipinski definition) is 16. The van der Waals surface area contributed by atoms with E-state index in [2.05, 4.69) is 57.8 Å². The number of amides is 11. The molecule has 0 radical (unpaired) electrons. The van der Waals surface area contributed by atoms with Gasteiger partial charge in [-0.05, 0) is 149 Å². The van der Waals surface area contributed by atoms with Gasteiger partial charge in [0.2, 0.25) is 65.0 Å². The smallest absolute Gasteiger partial charge is 0.246 e. The van der Waals surface area contributed by atoms with Gasteiger partial charge in [0.15, 0.2) is 0 Å². The first-order chi connectivity index (χ1) is 49.7. The molecule has 2 saturated heterocycles. The van der Waals surface area contributed by atoms with Crippen molar-refractivity contribution in [3.63, 3.8) is 0 Å². The fourth-order valence-electron chi connectivity index (χ4n) is 13.1. The van der Waals surface area contributed by atoms with Crippen LogP contribution in [0, 0.1) is 11.6 Å². The molecule has 0 unspecified atom stereocenters. The third kappa shape index (κ3) is 19.8. The Balaban J connectivity index is 1.05. The maximum Gasteiger partial charge on any atom is 0.246 e. The van der Waals surface area contributed by atoms with E-state index in [0.29, 0.717) is 47.4 Å². The van der Waals surface area contributed by atoms with Crippen molar-refractivity contribution in [2.24, 2.45) is 5.73 Å². The molecule has 11 atom stereocenters. The van der Waals surface area contributed by atoms with Gasteiger partial charge < -0.3 is 93.0 Å². The van der Waals surface area contributed by atoms with Crippen LogP contribution in [-0.2, 0) is 78.4 Å². The highest BCUT2D eigenvalue weighted by Gasteiger charge is 2.49. The number of unbranched alkanes of at least 4 members (excludes halogenated alkanes) is 1. The van der Waals surface area contributed by atoms with E-state index in [1.165, 1.54) is 74.6 Å². The zero-order chi connectivity index (χ0) is 74.9. The number of halogens is 3. The van der Waals surface area contributed by atoms with Gasteiger partial charge in [-0.3, -0.25) is 52.7 Å². The number of hydrogen-bond donors (Lipinski definition) is 14. The molecular formula is C72H89F3N14O15. The van der Waals surface area contributed by atoms with Gasteiger partial charge in [-0.1, -0.05) is 24.3 Å². The lowest BCUT2D eigenvalue weighted by molar-refractivity contribution is -0.147. The van der Waals surface area contributed by atoms with Gasteiger partial charge in [-0.15, -0.1) is 0 Å². The molecule has 2 fully saturated rings. The number of alkyl halides is 1. The second-order valence-electron chi connectivity index (χ2n) is 26.5. The van der Waals surface area contributed by atoms with Crippen LogP contribution in [0.2, 0.25) is 0 Å². The third-order valence-corrected chi connectivity index (χ3v) is 18.9. The predicted molar refractivity (Wildman–Crippen MR) is 372 cm³/mol. The number of H-pyrrole nitrogens is 2. The lowest BCUT2D eigenvalue weighted by Gasteiger charge is -2.37. The topological polar surface area (TPSA) is 419 Å². The summed E-state index contributed by atoms with van der Waals surface area (Å²) in [6.07, 6.45) is -1.62. The van der Waals surface area contributed by atoms with Gasteiger partial charge in [-0.2, -0.15) is 0 Å². The molecule has 11 amide bonds. The molecule has 0 spiro atoms. The van der Waals surface area contributed by atoms with Crippen molar-refractivity contribution in [3.8, 4) is 11.5 Å². The molecular weight excluding hydrogens is 1360 g/mol. The van der Waals surface area contributed by atoms with Crippen molar-refractivity contribution in [2.75, 3.05) is 53.0 Å².